The van der Waals surface area contributed by atoms with E-state index in [2.05, 4.69) is 16.8 Å². The first-order valence-electron chi connectivity index (χ1n) is 7.84. The second kappa shape index (κ2) is 8.61. The number of rotatable bonds is 7. The molecule has 1 fully saturated rings. The summed E-state index contributed by atoms with van der Waals surface area (Å²) in [6, 6.07) is 2.10. The van der Waals surface area contributed by atoms with Crippen LogP contribution in [0.25, 0.3) is 0 Å². The molecule has 0 spiro atoms. The molecule has 0 saturated carbocycles. The van der Waals surface area contributed by atoms with Gasteiger partial charge in [0, 0.05) is 37.8 Å². The van der Waals surface area contributed by atoms with Gasteiger partial charge >= 0.3 is 0 Å². The van der Waals surface area contributed by atoms with Crippen molar-refractivity contribution in [3.8, 4) is 0 Å². The lowest BCUT2D eigenvalue weighted by Gasteiger charge is -2.36. The molecule has 0 amide bonds. The van der Waals surface area contributed by atoms with Gasteiger partial charge in [-0.15, -0.1) is 6.58 Å². The van der Waals surface area contributed by atoms with E-state index in [9.17, 15) is 8.78 Å². The molecule has 1 heterocycles. The van der Waals surface area contributed by atoms with Gasteiger partial charge in [-0.2, -0.15) is 0 Å². The van der Waals surface area contributed by atoms with Crippen LogP contribution in [0.4, 0.5) is 8.78 Å². The third-order valence-corrected chi connectivity index (χ3v) is 4.52. The average Bonchev–Trinajstić information content (AvgIpc) is 2.54. The molecule has 122 valence electrons. The molecule has 1 aliphatic heterocycles. The average molecular weight is 329 g/mol. The standard InChI is InChI=1S/C17H23ClF2N2/c1-2-3-4-5-6-15(22-11-9-21-10-12-22)16-13(19)7-8-14(20)17(16)18/h2,7-8,15,21H,1,3-6,9-12H2/t15-/m0/s1. The maximum atomic E-state index is 14.3. The number of piperazine rings is 1. The minimum atomic E-state index is -0.552. The van der Waals surface area contributed by atoms with Gasteiger partial charge in [-0.3, -0.25) is 4.90 Å². The van der Waals surface area contributed by atoms with E-state index in [4.69, 9.17) is 11.6 Å². The van der Waals surface area contributed by atoms with Crippen LogP contribution in [0.5, 0.6) is 0 Å². The number of hydrogen-bond acceptors (Lipinski definition) is 2. The highest BCUT2D eigenvalue weighted by Crippen LogP contribution is 2.35. The van der Waals surface area contributed by atoms with Gasteiger partial charge in [-0.05, 0) is 31.4 Å². The second-order valence-corrected chi connectivity index (χ2v) is 6.01. The van der Waals surface area contributed by atoms with E-state index in [0.717, 1.165) is 57.9 Å². The van der Waals surface area contributed by atoms with Crippen molar-refractivity contribution in [2.24, 2.45) is 0 Å². The van der Waals surface area contributed by atoms with Gasteiger partial charge in [0.05, 0.1) is 5.02 Å². The van der Waals surface area contributed by atoms with Crippen LogP contribution in [0.2, 0.25) is 5.02 Å². The molecule has 22 heavy (non-hydrogen) atoms. The zero-order chi connectivity index (χ0) is 15.9. The van der Waals surface area contributed by atoms with Crippen molar-refractivity contribution in [3.05, 3.63) is 47.0 Å². The molecule has 1 aromatic carbocycles. The van der Waals surface area contributed by atoms with Crippen LogP contribution in [-0.4, -0.2) is 31.1 Å². The summed E-state index contributed by atoms with van der Waals surface area (Å²) >= 11 is 6.08. The summed E-state index contributed by atoms with van der Waals surface area (Å²) in [5.41, 5.74) is 0.308. The summed E-state index contributed by atoms with van der Waals surface area (Å²) in [4.78, 5) is 2.20. The van der Waals surface area contributed by atoms with E-state index in [1.165, 1.54) is 6.07 Å². The van der Waals surface area contributed by atoms with E-state index in [0.29, 0.717) is 5.56 Å². The molecule has 2 nitrogen and oxygen atoms in total. The van der Waals surface area contributed by atoms with Crippen molar-refractivity contribution in [3.63, 3.8) is 0 Å². The number of benzene rings is 1. The molecule has 0 unspecified atom stereocenters. The summed E-state index contributed by atoms with van der Waals surface area (Å²) < 4.78 is 28.1. The van der Waals surface area contributed by atoms with Crippen LogP contribution in [0.15, 0.2) is 24.8 Å². The van der Waals surface area contributed by atoms with Gasteiger partial charge in [-0.1, -0.05) is 24.1 Å². The van der Waals surface area contributed by atoms with E-state index in [1.807, 2.05) is 6.08 Å². The van der Waals surface area contributed by atoms with Gasteiger partial charge in [0.2, 0.25) is 0 Å². The Labute approximate surface area is 136 Å². The molecule has 1 aromatic rings. The van der Waals surface area contributed by atoms with Crippen LogP contribution in [0.3, 0.4) is 0 Å². The molecule has 0 aliphatic carbocycles. The first-order valence-corrected chi connectivity index (χ1v) is 8.22. The van der Waals surface area contributed by atoms with Crippen LogP contribution in [-0.2, 0) is 0 Å². The summed E-state index contributed by atoms with van der Waals surface area (Å²) in [5, 5.41) is 3.21. The van der Waals surface area contributed by atoms with Crippen molar-refractivity contribution in [2.45, 2.75) is 31.7 Å². The third kappa shape index (κ3) is 4.28. The summed E-state index contributed by atoms with van der Waals surface area (Å²) in [7, 11) is 0. The molecule has 1 saturated heterocycles. The lowest BCUT2D eigenvalue weighted by molar-refractivity contribution is 0.159. The maximum absolute atomic E-state index is 14.3. The van der Waals surface area contributed by atoms with E-state index in [-0.39, 0.29) is 11.1 Å². The first kappa shape index (κ1) is 17.4. The Morgan fingerprint density at radius 3 is 2.59 bits per heavy atom. The smallest absolute Gasteiger partial charge is 0.142 e. The number of nitrogens with zero attached hydrogens (tertiary/aromatic N) is 1. The number of halogens is 3. The predicted octanol–water partition coefficient (Wildman–Crippen LogP) is 4.31. The Hall–Kier alpha value is -0.970. The predicted molar refractivity (Wildman–Crippen MR) is 87.2 cm³/mol. The number of nitrogens with one attached hydrogen (secondary N) is 1. The van der Waals surface area contributed by atoms with E-state index in [1.54, 1.807) is 0 Å². The normalized spacial score (nSPS) is 17.4. The minimum Gasteiger partial charge on any atom is -0.314 e. The fourth-order valence-electron chi connectivity index (χ4n) is 2.98. The molecule has 5 heteroatoms. The molecule has 1 N–H and O–H groups in total. The largest absolute Gasteiger partial charge is 0.314 e. The Morgan fingerprint density at radius 2 is 1.91 bits per heavy atom. The topological polar surface area (TPSA) is 15.3 Å². The Bertz CT molecular complexity index is 502. The number of unbranched alkanes of at least 4 members (excludes halogenated alkanes) is 2. The van der Waals surface area contributed by atoms with Gasteiger partial charge in [-0.25, -0.2) is 8.78 Å². The highest BCUT2D eigenvalue weighted by molar-refractivity contribution is 6.31. The van der Waals surface area contributed by atoms with Gasteiger partial charge in [0.25, 0.3) is 0 Å². The van der Waals surface area contributed by atoms with Crippen LogP contribution >= 0.6 is 11.6 Å². The monoisotopic (exact) mass is 328 g/mol. The molecular formula is C17H23ClF2N2. The van der Waals surface area contributed by atoms with Crippen LogP contribution in [0, 0.1) is 11.6 Å². The number of hydrogen-bond donors (Lipinski definition) is 1. The second-order valence-electron chi connectivity index (χ2n) is 5.63. The van der Waals surface area contributed by atoms with Crippen molar-refractivity contribution in [1.29, 1.82) is 0 Å². The van der Waals surface area contributed by atoms with Crippen molar-refractivity contribution < 1.29 is 8.78 Å². The minimum absolute atomic E-state index is 0.0766. The Balaban J connectivity index is 2.22. The molecular weight excluding hydrogens is 306 g/mol. The SMILES string of the molecule is C=CCCCC[C@@H](c1c(F)ccc(F)c1Cl)N1CCNCC1. The van der Waals surface area contributed by atoms with Gasteiger partial charge < -0.3 is 5.32 Å². The zero-order valence-corrected chi connectivity index (χ0v) is 13.5. The summed E-state index contributed by atoms with van der Waals surface area (Å²) in [5.74, 6) is -0.969. The zero-order valence-electron chi connectivity index (χ0n) is 12.8. The Morgan fingerprint density at radius 1 is 1.23 bits per heavy atom. The fraction of sp³-hybridized carbons (Fsp3) is 0.529. The fourth-order valence-corrected chi connectivity index (χ4v) is 3.26. The molecule has 1 aliphatic rings. The van der Waals surface area contributed by atoms with Crippen molar-refractivity contribution in [2.75, 3.05) is 26.2 Å². The summed E-state index contributed by atoms with van der Waals surface area (Å²) in [6.45, 7) is 7.07. The maximum Gasteiger partial charge on any atom is 0.142 e. The van der Waals surface area contributed by atoms with Crippen molar-refractivity contribution in [1.82, 2.24) is 10.2 Å². The van der Waals surface area contributed by atoms with Crippen molar-refractivity contribution >= 4 is 11.6 Å². The van der Waals surface area contributed by atoms with E-state index < -0.39 is 11.6 Å². The highest BCUT2D eigenvalue weighted by atomic mass is 35.5. The lowest BCUT2D eigenvalue weighted by Crippen LogP contribution is -2.45. The molecule has 2 rings (SSSR count). The van der Waals surface area contributed by atoms with Gasteiger partial charge in [0.15, 0.2) is 0 Å². The number of allylic oxidation sites excluding steroid dienone is 1. The molecule has 0 radical (unpaired) electrons. The van der Waals surface area contributed by atoms with Gasteiger partial charge in [0.1, 0.15) is 11.6 Å². The molecule has 0 aromatic heterocycles. The highest BCUT2D eigenvalue weighted by Gasteiger charge is 2.27. The summed E-state index contributed by atoms with van der Waals surface area (Å²) in [6.07, 6.45) is 5.53. The first-order chi connectivity index (χ1) is 10.6. The quantitative estimate of drug-likeness (QED) is 0.456. The van der Waals surface area contributed by atoms with Crippen LogP contribution < -0.4 is 5.32 Å². The Kier molecular flexibility index (Phi) is 6.80. The molecule has 1 atom stereocenters. The third-order valence-electron chi connectivity index (χ3n) is 4.14. The van der Waals surface area contributed by atoms with E-state index >= 15 is 0 Å². The van der Waals surface area contributed by atoms with Crippen LogP contribution in [0.1, 0.15) is 37.3 Å². The molecule has 0 bridgehead atoms. The lowest BCUT2D eigenvalue weighted by atomic mass is 9.97.